The van der Waals surface area contributed by atoms with Crippen LogP contribution in [0.4, 0.5) is 0 Å². The third-order valence-corrected chi connectivity index (χ3v) is 3.30. The van der Waals surface area contributed by atoms with Gasteiger partial charge in [0.1, 0.15) is 0 Å². The van der Waals surface area contributed by atoms with E-state index < -0.39 is 0 Å². The fraction of sp³-hybridized carbons (Fsp3) is 0.267. The van der Waals surface area contributed by atoms with Gasteiger partial charge in [-0.1, -0.05) is 29.8 Å². The maximum atomic E-state index is 6.11. The van der Waals surface area contributed by atoms with Crippen molar-refractivity contribution in [3.63, 3.8) is 0 Å². The second-order valence-electron chi connectivity index (χ2n) is 4.19. The van der Waals surface area contributed by atoms with Crippen LogP contribution in [-0.4, -0.2) is 19.2 Å². The van der Waals surface area contributed by atoms with E-state index in [0.717, 1.165) is 16.3 Å². The maximum absolute atomic E-state index is 6.11. The monoisotopic (exact) mass is 292 g/mol. The molecule has 1 aromatic heterocycles. The highest BCUT2D eigenvalue weighted by Crippen LogP contribution is 2.28. The van der Waals surface area contributed by atoms with Crippen molar-refractivity contribution in [3.8, 4) is 11.5 Å². The van der Waals surface area contributed by atoms with Gasteiger partial charge in [-0.25, -0.2) is 0 Å². The molecule has 0 amide bonds. The predicted molar refractivity (Wildman–Crippen MR) is 79.3 cm³/mol. The molecule has 1 heterocycles. The number of benzene rings is 1. The van der Waals surface area contributed by atoms with Gasteiger partial charge in [-0.15, -0.1) is 0 Å². The summed E-state index contributed by atoms with van der Waals surface area (Å²) < 4.78 is 10.6. The molecule has 0 radical (unpaired) electrons. The Hall–Kier alpha value is -1.78. The average molecular weight is 293 g/mol. The third-order valence-electron chi connectivity index (χ3n) is 2.93. The van der Waals surface area contributed by atoms with Crippen LogP contribution in [0.1, 0.15) is 11.3 Å². The van der Waals surface area contributed by atoms with Crippen molar-refractivity contribution in [2.45, 2.75) is 13.1 Å². The Balaban J connectivity index is 2.03. The summed E-state index contributed by atoms with van der Waals surface area (Å²) in [4.78, 5) is 4.31. The first-order valence-corrected chi connectivity index (χ1v) is 6.64. The highest BCUT2D eigenvalue weighted by atomic mass is 35.5. The van der Waals surface area contributed by atoms with Crippen LogP contribution in [0.3, 0.4) is 0 Å². The molecule has 0 saturated carbocycles. The summed E-state index contributed by atoms with van der Waals surface area (Å²) in [5, 5.41) is 4.06. The molecule has 0 aliphatic rings. The van der Waals surface area contributed by atoms with Crippen LogP contribution in [-0.2, 0) is 13.1 Å². The van der Waals surface area contributed by atoms with Crippen LogP contribution in [0, 0.1) is 0 Å². The molecule has 1 N–H and O–H groups in total. The van der Waals surface area contributed by atoms with Gasteiger partial charge in [0, 0.05) is 30.4 Å². The van der Waals surface area contributed by atoms with Crippen LogP contribution in [0.2, 0.25) is 5.02 Å². The summed E-state index contributed by atoms with van der Waals surface area (Å²) in [6.07, 6.45) is 1.70. The number of nitrogens with one attached hydrogen (secondary N) is 1. The van der Waals surface area contributed by atoms with Crippen molar-refractivity contribution in [1.29, 1.82) is 0 Å². The Bertz CT molecular complexity index is 576. The molecule has 106 valence electrons. The second-order valence-corrected chi connectivity index (χ2v) is 4.60. The van der Waals surface area contributed by atoms with Crippen molar-refractivity contribution in [2.24, 2.45) is 0 Å². The highest BCUT2D eigenvalue weighted by Gasteiger charge is 2.10. The van der Waals surface area contributed by atoms with Gasteiger partial charge in [-0.05, 0) is 11.6 Å². The molecule has 2 aromatic rings. The van der Waals surface area contributed by atoms with Gasteiger partial charge < -0.3 is 14.8 Å². The summed E-state index contributed by atoms with van der Waals surface area (Å²) >= 11 is 6.11. The Morgan fingerprint density at radius 3 is 2.60 bits per heavy atom. The van der Waals surface area contributed by atoms with Gasteiger partial charge in [-0.3, -0.25) is 4.98 Å². The van der Waals surface area contributed by atoms with E-state index in [9.17, 15) is 0 Å². The Kier molecular flexibility index (Phi) is 5.21. The van der Waals surface area contributed by atoms with E-state index in [1.807, 2.05) is 24.3 Å². The van der Waals surface area contributed by atoms with Crippen molar-refractivity contribution in [1.82, 2.24) is 10.3 Å². The molecule has 5 heteroatoms. The first-order chi connectivity index (χ1) is 9.76. The predicted octanol–water partition coefficient (Wildman–Crippen LogP) is 3.04. The third kappa shape index (κ3) is 3.40. The Morgan fingerprint density at radius 1 is 1.10 bits per heavy atom. The van der Waals surface area contributed by atoms with Crippen molar-refractivity contribution in [3.05, 3.63) is 52.8 Å². The van der Waals surface area contributed by atoms with E-state index in [2.05, 4.69) is 10.3 Å². The molecule has 0 aliphatic carbocycles. The normalized spacial score (nSPS) is 10.3. The molecule has 0 fully saturated rings. The minimum Gasteiger partial charge on any atom is -0.493 e. The summed E-state index contributed by atoms with van der Waals surface area (Å²) in [6, 6.07) is 9.52. The summed E-state index contributed by atoms with van der Waals surface area (Å²) in [7, 11) is 3.22. The van der Waals surface area contributed by atoms with Gasteiger partial charge in [-0.2, -0.15) is 0 Å². The lowest BCUT2D eigenvalue weighted by molar-refractivity contribution is 0.348. The molecule has 0 unspecified atom stereocenters. The SMILES string of the molecule is COc1ccnc(CNCc2ccccc2Cl)c1OC. The highest BCUT2D eigenvalue weighted by molar-refractivity contribution is 6.31. The second kappa shape index (κ2) is 7.12. The van der Waals surface area contributed by atoms with E-state index >= 15 is 0 Å². The molecular formula is C15H17ClN2O2. The average Bonchev–Trinajstić information content (AvgIpc) is 2.48. The van der Waals surface area contributed by atoms with Gasteiger partial charge in [0.05, 0.1) is 19.9 Å². The zero-order valence-electron chi connectivity index (χ0n) is 11.5. The van der Waals surface area contributed by atoms with Gasteiger partial charge in [0.15, 0.2) is 11.5 Å². The number of pyridine rings is 1. The van der Waals surface area contributed by atoms with Crippen LogP contribution in [0.25, 0.3) is 0 Å². The van der Waals surface area contributed by atoms with Crippen LogP contribution in [0.5, 0.6) is 11.5 Å². The minimum atomic E-state index is 0.575. The lowest BCUT2D eigenvalue weighted by Gasteiger charge is -2.12. The first kappa shape index (κ1) is 14.6. The molecule has 4 nitrogen and oxygen atoms in total. The lowest BCUT2D eigenvalue weighted by atomic mass is 10.2. The van der Waals surface area contributed by atoms with E-state index in [1.54, 1.807) is 26.5 Å². The smallest absolute Gasteiger partial charge is 0.183 e. The quantitative estimate of drug-likeness (QED) is 0.889. The summed E-state index contributed by atoms with van der Waals surface area (Å²) in [5.41, 5.74) is 1.86. The molecule has 0 bridgehead atoms. The number of methoxy groups -OCH3 is 2. The molecule has 0 atom stereocenters. The number of hydrogen-bond donors (Lipinski definition) is 1. The lowest BCUT2D eigenvalue weighted by Crippen LogP contribution is -2.15. The van der Waals surface area contributed by atoms with Crippen molar-refractivity contribution in [2.75, 3.05) is 14.2 Å². The van der Waals surface area contributed by atoms with Crippen molar-refractivity contribution < 1.29 is 9.47 Å². The molecule has 1 aromatic carbocycles. The summed E-state index contributed by atoms with van der Waals surface area (Å²) in [6.45, 7) is 1.24. The van der Waals surface area contributed by atoms with Crippen LogP contribution < -0.4 is 14.8 Å². The first-order valence-electron chi connectivity index (χ1n) is 6.26. The standard InChI is InChI=1S/C15H17ClN2O2/c1-19-14-7-8-18-13(15(14)20-2)10-17-9-11-5-3-4-6-12(11)16/h3-8,17H,9-10H2,1-2H3. The number of ether oxygens (including phenoxy) is 2. The minimum absolute atomic E-state index is 0.575. The molecule has 0 spiro atoms. The molecule has 2 rings (SSSR count). The van der Waals surface area contributed by atoms with E-state index in [0.29, 0.717) is 24.6 Å². The molecule has 0 aliphatic heterocycles. The number of hydrogen-bond acceptors (Lipinski definition) is 4. The fourth-order valence-corrected chi connectivity index (χ4v) is 2.14. The Labute approximate surface area is 123 Å². The molecular weight excluding hydrogens is 276 g/mol. The number of halogens is 1. The largest absolute Gasteiger partial charge is 0.493 e. The van der Waals surface area contributed by atoms with Gasteiger partial charge in [0.2, 0.25) is 0 Å². The van der Waals surface area contributed by atoms with E-state index in [4.69, 9.17) is 21.1 Å². The number of nitrogens with zero attached hydrogens (tertiary/aromatic N) is 1. The topological polar surface area (TPSA) is 43.4 Å². The maximum Gasteiger partial charge on any atom is 0.183 e. The zero-order chi connectivity index (χ0) is 14.4. The number of aromatic nitrogens is 1. The molecule has 20 heavy (non-hydrogen) atoms. The van der Waals surface area contributed by atoms with Crippen LogP contribution in [0.15, 0.2) is 36.5 Å². The van der Waals surface area contributed by atoms with E-state index in [1.165, 1.54) is 0 Å². The van der Waals surface area contributed by atoms with Gasteiger partial charge in [0.25, 0.3) is 0 Å². The number of rotatable bonds is 6. The molecule has 0 saturated heterocycles. The Morgan fingerprint density at radius 2 is 1.90 bits per heavy atom. The fourth-order valence-electron chi connectivity index (χ4n) is 1.93. The van der Waals surface area contributed by atoms with Crippen LogP contribution >= 0.6 is 11.6 Å². The van der Waals surface area contributed by atoms with Crippen molar-refractivity contribution >= 4 is 11.6 Å². The van der Waals surface area contributed by atoms with E-state index in [-0.39, 0.29) is 0 Å². The summed E-state index contributed by atoms with van der Waals surface area (Å²) in [5.74, 6) is 1.33. The zero-order valence-corrected chi connectivity index (χ0v) is 12.3. The van der Waals surface area contributed by atoms with Gasteiger partial charge >= 0.3 is 0 Å².